The van der Waals surface area contributed by atoms with E-state index in [2.05, 4.69) is 31.9 Å². The highest BCUT2D eigenvalue weighted by Gasteiger charge is 2.40. The third-order valence-corrected chi connectivity index (χ3v) is 7.52. The molecule has 0 saturated heterocycles. The maximum absolute atomic E-state index is 13.7. The summed E-state index contributed by atoms with van der Waals surface area (Å²) in [6.07, 6.45) is 0. The minimum absolute atomic E-state index is 0.00922. The van der Waals surface area contributed by atoms with Gasteiger partial charge in [-0.3, -0.25) is 0 Å². The van der Waals surface area contributed by atoms with E-state index in [1.807, 2.05) is 0 Å². The van der Waals surface area contributed by atoms with Gasteiger partial charge < -0.3 is 18.9 Å². The van der Waals surface area contributed by atoms with Gasteiger partial charge in [-0.05, 0) is 74.2 Å². The number of fused-ring (bicyclic) bond motifs is 2. The maximum Gasteiger partial charge on any atom is 0.339 e. The van der Waals surface area contributed by atoms with Gasteiger partial charge in [0, 0.05) is 20.1 Å². The lowest BCUT2D eigenvalue weighted by Crippen LogP contribution is -2.13. The van der Waals surface area contributed by atoms with Crippen molar-refractivity contribution in [3.8, 4) is 33.4 Å². The normalized spacial score (nSPS) is 10.9. The van der Waals surface area contributed by atoms with Crippen molar-refractivity contribution in [3.05, 3.63) is 79.7 Å². The van der Waals surface area contributed by atoms with Gasteiger partial charge in [0.25, 0.3) is 0 Å². The van der Waals surface area contributed by atoms with Crippen LogP contribution in [0.15, 0.2) is 57.5 Å². The molecule has 10 heteroatoms. The molecule has 0 aromatic rings. The molecule has 42 heavy (non-hydrogen) atoms. The largest absolute Gasteiger partial charge is 0.462 e. The van der Waals surface area contributed by atoms with Crippen molar-refractivity contribution in [2.24, 2.45) is 0 Å². The number of hydrogen-bond donors (Lipinski definition) is 0. The van der Waals surface area contributed by atoms with Gasteiger partial charge in [-0.25, -0.2) is 19.2 Å². The van der Waals surface area contributed by atoms with Crippen LogP contribution < -0.4 is 0 Å². The molecule has 0 N–H and O–H groups in total. The van der Waals surface area contributed by atoms with Gasteiger partial charge in [0.2, 0.25) is 0 Å². The fourth-order valence-corrected chi connectivity index (χ4v) is 5.47. The molecule has 4 aliphatic rings. The molecule has 0 unspecified atom stereocenters. The van der Waals surface area contributed by atoms with Gasteiger partial charge in [-0.1, -0.05) is 56.1 Å². The third-order valence-electron chi connectivity index (χ3n) is 6.46. The number of halogens is 2. The molecule has 0 fully saturated rings. The maximum atomic E-state index is 13.7. The minimum Gasteiger partial charge on any atom is -0.462 e. The Hall–Kier alpha value is -3.76. The molecule has 8 nitrogen and oxygen atoms in total. The summed E-state index contributed by atoms with van der Waals surface area (Å²) in [7, 11) is 0. The molecule has 0 heterocycles. The fraction of sp³-hybridized carbons (Fsp3) is 0.250. The summed E-state index contributed by atoms with van der Waals surface area (Å²) in [6.45, 7) is 6.83. The van der Waals surface area contributed by atoms with E-state index in [0.717, 1.165) is 0 Å². The molecule has 0 bridgehead atoms. The zero-order chi connectivity index (χ0) is 30.6. The molecule has 0 aliphatic heterocycles. The Balaban J connectivity index is 2.35. The van der Waals surface area contributed by atoms with Crippen LogP contribution in [0.2, 0.25) is 0 Å². The molecule has 0 radical (unpaired) electrons. The molecule has 4 aliphatic carbocycles. The van der Waals surface area contributed by atoms with Crippen LogP contribution in [0.4, 0.5) is 0 Å². The van der Waals surface area contributed by atoms with E-state index in [1.54, 1.807) is 76.2 Å². The molecule has 218 valence electrons. The highest BCUT2D eigenvalue weighted by molar-refractivity contribution is 9.10. The zero-order valence-electron chi connectivity index (χ0n) is 23.5. The van der Waals surface area contributed by atoms with Gasteiger partial charge in [-0.15, -0.1) is 0 Å². The molecule has 0 spiro atoms. The van der Waals surface area contributed by atoms with E-state index in [1.165, 1.54) is 0 Å². The Labute approximate surface area is 260 Å². The Morgan fingerprint density at radius 2 is 0.667 bits per heavy atom. The van der Waals surface area contributed by atoms with Crippen molar-refractivity contribution in [3.63, 3.8) is 0 Å². The summed E-state index contributed by atoms with van der Waals surface area (Å²) in [5, 5.41) is 0. The van der Waals surface area contributed by atoms with Gasteiger partial charge >= 0.3 is 23.9 Å². The van der Waals surface area contributed by atoms with Crippen LogP contribution in [-0.4, -0.2) is 50.3 Å². The lowest BCUT2D eigenvalue weighted by atomic mass is 9.95. The third kappa shape index (κ3) is 5.78. The van der Waals surface area contributed by atoms with Crippen molar-refractivity contribution in [2.75, 3.05) is 26.4 Å². The van der Waals surface area contributed by atoms with E-state index in [9.17, 15) is 19.2 Å². The summed E-state index contributed by atoms with van der Waals surface area (Å²) in [4.78, 5) is 54.9. The first-order valence-electron chi connectivity index (χ1n) is 13.4. The summed E-state index contributed by atoms with van der Waals surface area (Å²) < 4.78 is 23.3. The first-order valence-corrected chi connectivity index (χ1v) is 15.0. The molecule has 0 amide bonds. The minimum atomic E-state index is -0.737. The van der Waals surface area contributed by atoms with E-state index in [4.69, 9.17) is 18.9 Å². The summed E-state index contributed by atoms with van der Waals surface area (Å²) in [5.74, 6) is -2.95. The molecule has 0 atom stereocenters. The average Bonchev–Trinajstić information content (AvgIpc) is 3.29. The predicted molar refractivity (Wildman–Crippen MR) is 164 cm³/mol. The smallest absolute Gasteiger partial charge is 0.339 e. The van der Waals surface area contributed by atoms with E-state index >= 15 is 0 Å². The van der Waals surface area contributed by atoms with Crippen LogP contribution in [0.3, 0.4) is 0 Å². The Morgan fingerprint density at radius 3 is 0.857 bits per heavy atom. The predicted octanol–water partition coefficient (Wildman–Crippen LogP) is 7.80. The van der Waals surface area contributed by atoms with Crippen LogP contribution in [0.1, 0.15) is 69.1 Å². The van der Waals surface area contributed by atoms with Crippen molar-refractivity contribution < 1.29 is 38.1 Å². The number of carbonyl (C=O) groups excluding carboxylic acids is 4. The lowest BCUT2D eigenvalue weighted by molar-refractivity contribution is 0.0507. The van der Waals surface area contributed by atoms with E-state index in [-0.39, 0.29) is 59.8 Å². The van der Waals surface area contributed by atoms with Crippen LogP contribution in [-0.2, 0) is 18.9 Å². The second-order valence-corrected chi connectivity index (χ2v) is 10.7. The van der Waals surface area contributed by atoms with Gasteiger partial charge in [0.15, 0.2) is 0 Å². The van der Waals surface area contributed by atoms with Crippen LogP contribution in [0.5, 0.6) is 0 Å². The highest BCUT2D eigenvalue weighted by atomic mass is 79.9. The summed E-state index contributed by atoms with van der Waals surface area (Å²) in [5.41, 5.74) is 1.61. The Bertz CT molecular complexity index is 1400. The van der Waals surface area contributed by atoms with E-state index in [0.29, 0.717) is 31.2 Å². The van der Waals surface area contributed by atoms with Crippen LogP contribution in [0, 0.1) is 0 Å². The first kappa shape index (κ1) is 31.2. The van der Waals surface area contributed by atoms with Gasteiger partial charge in [0.05, 0.1) is 48.7 Å². The zero-order valence-corrected chi connectivity index (χ0v) is 26.6. The monoisotopic (exact) mass is 698 g/mol. The quantitative estimate of drug-likeness (QED) is 0.129. The second kappa shape index (κ2) is 13.5. The molecule has 0 aromatic heterocycles. The highest BCUT2D eigenvalue weighted by Crippen LogP contribution is 2.51. The van der Waals surface area contributed by atoms with Crippen molar-refractivity contribution >= 4 is 55.7 Å². The van der Waals surface area contributed by atoms with Crippen molar-refractivity contribution in [2.45, 2.75) is 27.7 Å². The first-order chi connectivity index (χ1) is 20.2. The lowest BCUT2D eigenvalue weighted by Gasteiger charge is -2.12. The SMILES string of the molecule is CCOC(=O)c1c2ccc(Br)ccc-2c(C(=O)OCC)c1-c1c(C(=O)OCC)c2ccc(Br)ccc-2c1C(=O)OCC. The Kier molecular flexibility index (Phi) is 10.0. The van der Waals surface area contributed by atoms with Crippen LogP contribution >= 0.6 is 31.9 Å². The molecular weight excluding hydrogens is 672 g/mol. The molecule has 4 rings (SSSR count). The summed E-state index contributed by atoms with van der Waals surface area (Å²) >= 11 is 6.89. The van der Waals surface area contributed by atoms with Gasteiger partial charge in [0.1, 0.15) is 0 Å². The van der Waals surface area contributed by atoms with Crippen molar-refractivity contribution in [1.82, 2.24) is 0 Å². The fourth-order valence-electron chi connectivity index (χ4n) is 4.94. The molecule has 0 saturated carbocycles. The van der Waals surface area contributed by atoms with E-state index < -0.39 is 23.9 Å². The number of rotatable bonds is 9. The standard InChI is InChI=1S/C32H28Br2O8/c1-5-39-29(35)23-19-13-9-17(33)10-14-20(19)24(30(36)40-6-2)27(23)28-25(31(37)41-7-3)21-15-11-18(34)12-16-22(21)26(28)32(38)42-8-4/h9-16H,5-8H2,1-4H3. The number of ether oxygens (including phenoxy) is 4. The molecular formula is C32H28Br2O8. The van der Waals surface area contributed by atoms with Crippen LogP contribution in [0.25, 0.3) is 33.4 Å². The summed E-state index contributed by atoms with van der Waals surface area (Å²) in [6, 6.07) is 13.6. The Morgan fingerprint density at radius 1 is 0.452 bits per heavy atom. The topological polar surface area (TPSA) is 105 Å². The number of hydrogen-bond acceptors (Lipinski definition) is 8. The van der Waals surface area contributed by atoms with Gasteiger partial charge in [-0.2, -0.15) is 0 Å². The average molecular weight is 700 g/mol. The van der Waals surface area contributed by atoms with Crippen molar-refractivity contribution in [1.29, 1.82) is 0 Å². The molecule has 0 aromatic carbocycles. The second-order valence-electron chi connectivity index (χ2n) is 8.89. The number of esters is 4. The number of carbonyl (C=O) groups is 4.